The molecule has 0 fully saturated rings. The monoisotopic (exact) mass is 336 g/mol. The lowest BCUT2D eigenvalue weighted by Gasteiger charge is -2.23. The minimum Gasteiger partial charge on any atom is -0.503 e. The van der Waals surface area contributed by atoms with Crippen LogP contribution in [-0.2, 0) is 4.79 Å². The van der Waals surface area contributed by atoms with Crippen LogP contribution in [0.25, 0.3) is 0 Å². The fraction of sp³-hybridized carbons (Fsp3) is 0.214. The highest BCUT2D eigenvalue weighted by molar-refractivity contribution is 6.32. The first-order valence-electron chi connectivity index (χ1n) is 6.78. The lowest BCUT2D eigenvalue weighted by atomic mass is 10.0. The van der Waals surface area contributed by atoms with E-state index in [9.17, 15) is 15.0 Å². The van der Waals surface area contributed by atoms with Gasteiger partial charge in [0.05, 0.1) is 11.6 Å². The van der Waals surface area contributed by atoms with Crippen LogP contribution < -0.4 is 10.1 Å². The van der Waals surface area contributed by atoms with Gasteiger partial charge in [0.2, 0.25) is 5.95 Å². The summed E-state index contributed by atoms with van der Waals surface area (Å²) in [5.74, 6) is -0.746. The Kier molecular flexibility index (Phi) is 3.83. The first kappa shape index (κ1) is 15.2. The van der Waals surface area contributed by atoms with Crippen molar-refractivity contribution in [1.82, 2.24) is 14.8 Å². The fourth-order valence-electron chi connectivity index (χ4n) is 2.33. The molecule has 23 heavy (non-hydrogen) atoms. The first-order chi connectivity index (χ1) is 11.0. The number of halogens is 1. The summed E-state index contributed by atoms with van der Waals surface area (Å²) < 4.78 is 6.88. The normalized spacial score (nSPS) is 16.3. The summed E-state index contributed by atoms with van der Waals surface area (Å²) in [7, 11) is 0. The van der Waals surface area contributed by atoms with Gasteiger partial charge in [-0.1, -0.05) is 11.6 Å². The molecule has 0 spiro atoms. The lowest BCUT2D eigenvalue weighted by Crippen LogP contribution is -2.24. The van der Waals surface area contributed by atoms with Crippen LogP contribution in [-0.4, -0.2) is 37.6 Å². The van der Waals surface area contributed by atoms with Gasteiger partial charge >= 0.3 is 5.97 Å². The Morgan fingerprint density at radius 2 is 2.30 bits per heavy atom. The predicted molar refractivity (Wildman–Crippen MR) is 81.8 cm³/mol. The van der Waals surface area contributed by atoms with Gasteiger partial charge in [-0.25, -0.2) is 9.48 Å². The van der Waals surface area contributed by atoms with Crippen LogP contribution in [0.1, 0.15) is 18.5 Å². The van der Waals surface area contributed by atoms with Crippen LogP contribution in [0.4, 0.5) is 5.95 Å². The molecule has 9 heteroatoms. The molecule has 1 aromatic heterocycles. The summed E-state index contributed by atoms with van der Waals surface area (Å²) in [5, 5.41) is 26.0. The van der Waals surface area contributed by atoms with E-state index in [1.54, 1.807) is 13.0 Å². The Bertz CT molecular complexity index is 802. The molecule has 0 aliphatic carbocycles. The molecule has 120 valence electrons. The maximum atomic E-state index is 11.3. The van der Waals surface area contributed by atoms with Gasteiger partial charge in [-0.15, -0.1) is 0 Å². The summed E-state index contributed by atoms with van der Waals surface area (Å²) >= 11 is 6.05. The number of nitrogens with zero attached hydrogens (tertiary/aromatic N) is 3. The van der Waals surface area contributed by atoms with Crippen LogP contribution >= 0.6 is 11.6 Å². The summed E-state index contributed by atoms with van der Waals surface area (Å²) in [6, 6.07) is 2.59. The molecule has 3 N–H and O–H groups in total. The molecule has 1 aromatic carbocycles. The number of aromatic nitrogens is 3. The van der Waals surface area contributed by atoms with E-state index in [2.05, 4.69) is 15.4 Å². The number of carboxylic acids is 1. The smallest absolute Gasteiger partial charge is 0.352 e. The average molecular weight is 337 g/mol. The zero-order chi connectivity index (χ0) is 16.6. The molecule has 8 nitrogen and oxygen atoms in total. The number of carbonyl (C=O) groups is 1. The van der Waals surface area contributed by atoms with E-state index in [1.807, 2.05) is 0 Å². The minimum atomic E-state index is -1.11. The van der Waals surface area contributed by atoms with Crippen molar-refractivity contribution in [2.45, 2.75) is 13.0 Å². The Hall–Kier alpha value is -2.74. The van der Waals surface area contributed by atoms with E-state index in [1.165, 1.54) is 23.2 Å². The van der Waals surface area contributed by atoms with Crippen molar-refractivity contribution in [1.29, 1.82) is 0 Å². The Balaban J connectivity index is 2.12. The van der Waals surface area contributed by atoms with Gasteiger partial charge in [-0.2, -0.15) is 10.1 Å². The number of anilines is 1. The maximum Gasteiger partial charge on any atom is 0.352 e. The van der Waals surface area contributed by atoms with Crippen molar-refractivity contribution in [3.8, 4) is 11.5 Å². The lowest BCUT2D eigenvalue weighted by molar-refractivity contribution is -0.132. The van der Waals surface area contributed by atoms with Crippen molar-refractivity contribution >= 4 is 23.5 Å². The van der Waals surface area contributed by atoms with E-state index in [-0.39, 0.29) is 22.2 Å². The number of aliphatic carboxylic acids is 1. The number of ether oxygens (including phenoxy) is 1. The molecular formula is C14H13ClN4O4. The molecule has 0 saturated carbocycles. The van der Waals surface area contributed by atoms with Gasteiger partial charge in [-0.05, 0) is 30.7 Å². The molecule has 1 aliphatic rings. The number of benzene rings is 1. The predicted octanol–water partition coefficient (Wildman–Crippen LogP) is 2.02. The Morgan fingerprint density at radius 3 is 3.00 bits per heavy atom. The zero-order valence-corrected chi connectivity index (χ0v) is 12.8. The standard InChI is InChI=1S/C14H13ClN4O4/c1-2-23-11-4-7(3-8(15)12(11)20)10-5-9(13(21)22)18-14-16-6-17-19(10)14/h3-6,10,20H,2H2,1H3,(H,21,22)(H,16,17,18)/t10-/m0/s1. The highest BCUT2D eigenvalue weighted by Crippen LogP contribution is 2.39. The largest absolute Gasteiger partial charge is 0.503 e. The Labute approximate surface area is 136 Å². The van der Waals surface area contributed by atoms with Crippen molar-refractivity contribution in [2.75, 3.05) is 11.9 Å². The molecule has 0 saturated heterocycles. The molecule has 2 heterocycles. The van der Waals surface area contributed by atoms with Crippen molar-refractivity contribution < 1.29 is 19.7 Å². The molecule has 0 unspecified atom stereocenters. The fourth-order valence-corrected chi connectivity index (χ4v) is 2.55. The van der Waals surface area contributed by atoms with Gasteiger partial charge in [0, 0.05) is 0 Å². The number of hydrogen-bond donors (Lipinski definition) is 3. The highest BCUT2D eigenvalue weighted by Gasteiger charge is 2.27. The van der Waals surface area contributed by atoms with Crippen LogP contribution in [0.2, 0.25) is 5.02 Å². The van der Waals surface area contributed by atoms with Crippen molar-refractivity contribution in [2.24, 2.45) is 0 Å². The first-order valence-corrected chi connectivity index (χ1v) is 7.16. The van der Waals surface area contributed by atoms with E-state index in [0.29, 0.717) is 18.1 Å². The number of rotatable bonds is 4. The van der Waals surface area contributed by atoms with Gasteiger partial charge < -0.3 is 20.3 Å². The number of fused-ring (bicyclic) bond motifs is 1. The molecule has 0 amide bonds. The van der Waals surface area contributed by atoms with Crippen molar-refractivity contribution in [3.05, 3.63) is 40.8 Å². The second-order valence-corrected chi connectivity index (χ2v) is 5.17. The van der Waals surface area contributed by atoms with Crippen LogP contribution in [0.3, 0.4) is 0 Å². The van der Waals surface area contributed by atoms with Gasteiger partial charge in [0.1, 0.15) is 18.1 Å². The topological polar surface area (TPSA) is 110 Å². The van der Waals surface area contributed by atoms with Crippen LogP contribution in [0.15, 0.2) is 30.2 Å². The molecular weight excluding hydrogens is 324 g/mol. The van der Waals surface area contributed by atoms with Crippen molar-refractivity contribution in [3.63, 3.8) is 0 Å². The van der Waals surface area contributed by atoms with E-state index in [4.69, 9.17) is 16.3 Å². The maximum absolute atomic E-state index is 11.3. The second-order valence-electron chi connectivity index (χ2n) is 4.77. The molecule has 0 bridgehead atoms. The molecule has 1 aliphatic heterocycles. The highest BCUT2D eigenvalue weighted by atomic mass is 35.5. The summed E-state index contributed by atoms with van der Waals surface area (Å²) in [4.78, 5) is 15.3. The van der Waals surface area contributed by atoms with E-state index < -0.39 is 12.0 Å². The third-order valence-electron chi connectivity index (χ3n) is 3.33. The van der Waals surface area contributed by atoms with Gasteiger partial charge in [0.25, 0.3) is 0 Å². The quantitative estimate of drug-likeness (QED) is 0.783. The number of allylic oxidation sites excluding steroid dienone is 1. The summed E-state index contributed by atoms with van der Waals surface area (Å²) in [6.07, 6.45) is 2.81. The number of carboxylic acid groups (broad SMARTS) is 1. The summed E-state index contributed by atoms with van der Waals surface area (Å²) in [5.41, 5.74) is 0.598. The zero-order valence-electron chi connectivity index (χ0n) is 12.0. The summed E-state index contributed by atoms with van der Waals surface area (Å²) in [6.45, 7) is 2.13. The number of aromatic hydroxyl groups is 1. The molecule has 1 atom stereocenters. The SMILES string of the molecule is CCOc1cc([C@@H]2C=C(C(=O)O)Nc3ncnn32)cc(Cl)c1O. The number of phenolic OH excluding ortho intramolecular Hbond substituents is 1. The van der Waals surface area contributed by atoms with Crippen LogP contribution in [0, 0.1) is 0 Å². The Morgan fingerprint density at radius 1 is 1.52 bits per heavy atom. The number of nitrogens with one attached hydrogen (secondary N) is 1. The molecule has 2 aromatic rings. The molecule has 3 rings (SSSR count). The van der Waals surface area contributed by atoms with E-state index in [0.717, 1.165) is 0 Å². The van der Waals surface area contributed by atoms with Gasteiger partial charge in [0.15, 0.2) is 11.5 Å². The van der Waals surface area contributed by atoms with E-state index >= 15 is 0 Å². The second kappa shape index (κ2) is 5.81. The third kappa shape index (κ3) is 2.68. The molecule has 0 radical (unpaired) electrons. The van der Waals surface area contributed by atoms with Crippen LogP contribution in [0.5, 0.6) is 11.5 Å². The third-order valence-corrected chi connectivity index (χ3v) is 3.62. The number of hydrogen-bond acceptors (Lipinski definition) is 6. The minimum absolute atomic E-state index is 0.0161. The van der Waals surface area contributed by atoms with Gasteiger partial charge in [-0.3, -0.25) is 0 Å². The average Bonchev–Trinajstić information content (AvgIpc) is 2.99. The number of phenols is 1.